The van der Waals surface area contributed by atoms with Gasteiger partial charge in [0.05, 0.1) is 24.9 Å². The van der Waals surface area contributed by atoms with E-state index in [4.69, 9.17) is 10.5 Å². The minimum Gasteiger partial charge on any atom is -0.490 e. The fourth-order valence-electron chi connectivity index (χ4n) is 1.82. The number of hydrogen-bond donors (Lipinski definition) is 1. The zero-order chi connectivity index (χ0) is 14.5. The summed E-state index contributed by atoms with van der Waals surface area (Å²) >= 11 is 0. The Bertz CT molecular complexity index is 607. The van der Waals surface area contributed by atoms with E-state index in [1.807, 2.05) is 17.7 Å². The van der Waals surface area contributed by atoms with Gasteiger partial charge in [-0.3, -0.25) is 0 Å². The number of anilines is 1. The fourth-order valence-corrected chi connectivity index (χ4v) is 1.82. The number of ether oxygens (including phenoxy) is 2. The molecule has 0 unspecified atom stereocenters. The van der Waals surface area contributed by atoms with Crippen LogP contribution < -0.4 is 10.5 Å². The van der Waals surface area contributed by atoms with E-state index in [9.17, 15) is 4.79 Å². The Morgan fingerprint density at radius 3 is 2.85 bits per heavy atom. The second-order valence-corrected chi connectivity index (χ2v) is 4.26. The van der Waals surface area contributed by atoms with Crippen molar-refractivity contribution < 1.29 is 14.3 Å². The molecule has 0 aliphatic rings. The molecule has 0 saturated carbocycles. The molecule has 2 N–H and O–H groups in total. The van der Waals surface area contributed by atoms with Gasteiger partial charge in [0.2, 0.25) is 0 Å². The molecule has 6 heteroatoms. The van der Waals surface area contributed by atoms with Crippen LogP contribution in [-0.4, -0.2) is 29.2 Å². The molecule has 106 valence electrons. The van der Waals surface area contributed by atoms with E-state index >= 15 is 0 Å². The Kier molecular flexibility index (Phi) is 4.24. The molecule has 20 heavy (non-hydrogen) atoms. The van der Waals surface area contributed by atoms with Crippen molar-refractivity contribution in [1.82, 2.24) is 9.55 Å². The Balaban J connectivity index is 1.96. The van der Waals surface area contributed by atoms with Crippen LogP contribution in [0.3, 0.4) is 0 Å². The normalized spacial score (nSPS) is 10.3. The molecule has 0 spiro atoms. The predicted octanol–water partition coefficient (Wildman–Crippen LogP) is 1.64. The van der Waals surface area contributed by atoms with Crippen molar-refractivity contribution in [3.8, 4) is 5.75 Å². The zero-order valence-corrected chi connectivity index (χ0v) is 11.5. The predicted molar refractivity (Wildman–Crippen MR) is 74.7 cm³/mol. The van der Waals surface area contributed by atoms with Crippen LogP contribution in [0.1, 0.15) is 16.2 Å². The van der Waals surface area contributed by atoms with E-state index in [0.717, 1.165) is 5.82 Å². The molecule has 6 nitrogen and oxygen atoms in total. The van der Waals surface area contributed by atoms with Crippen molar-refractivity contribution in [2.45, 2.75) is 13.5 Å². The van der Waals surface area contributed by atoms with E-state index in [-0.39, 0.29) is 0 Å². The van der Waals surface area contributed by atoms with Crippen molar-refractivity contribution in [1.29, 1.82) is 0 Å². The summed E-state index contributed by atoms with van der Waals surface area (Å²) < 4.78 is 12.2. The number of aromatic nitrogens is 2. The first-order valence-electron chi connectivity index (χ1n) is 6.20. The molecule has 0 radical (unpaired) electrons. The summed E-state index contributed by atoms with van der Waals surface area (Å²) in [4.78, 5) is 15.5. The summed E-state index contributed by atoms with van der Waals surface area (Å²) in [7, 11) is 1.33. The molecular formula is C14H17N3O3. The molecule has 0 amide bonds. The van der Waals surface area contributed by atoms with Crippen molar-refractivity contribution in [3.05, 3.63) is 42.0 Å². The quantitative estimate of drug-likeness (QED) is 0.663. The topological polar surface area (TPSA) is 79.4 Å². The molecule has 1 aromatic heterocycles. The number of rotatable bonds is 5. The lowest BCUT2D eigenvalue weighted by atomic mass is 10.2. The van der Waals surface area contributed by atoms with Gasteiger partial charge in [-0.1, -0.05) is 0 Å². The highest BCUT2D eigenvalue weighted by atomic mass is 16.5. The molecule has 0 saturated heterocycles. The molecular weight excluding hydrogens is 258 g/mol. The SMILES string of the molecule is COC(=O)c1ccc(OCCn2ccnc2C)c(N)c1. The number of carbonyl (C=O) groups excluding carboxylic acids is 1. The van der Waals surface area contributed by atoms with Gasteiger partial charge in [-0.2, -0.15) is 0 Å². The van der Waals surface area contributed by atoms with Crippen molar-refractivity contribution in [2.75, 3.05) is 19.5 Å². The number of carbonyl (C=O) groups is 1. The summed E-state index contributed by atoms with van der Waals surface area (Å²) in [5.41, 5.74) is 6.67. The summed E-state index contributed by atoms with van der Waals surface area (Å²) in [5.74, 6) is 1.07. The molecule has 2 aromatic rings. The Hall–Kier alpha value is -2.50. The van der Waals surface area contributed by atoms with E-state index < -0.39 is 5.97 Å². The fraction of sp³-hybridized carbons (Fsp3) is 0.286. The number of methoxy groups -OCH3 is 1. The number of aryl methyl sites for hydroxylation is 1. The van der Waals surface area contributed by atoms with Crippen LogP contribution >= 0.6 is 0 Å². The monoisotopic (exact) mass is 275 g/mol. The Labute approximate surface area is 117 Å². The first-order valence-corrected chi connectivity index (χ1v) is 6.20. The highest BCUT2D eigenvalue weighted by Crippen LogP contribution is 2.22. The molecule has 0 atom stereocenters. The Morgan fingerprint density at radius 2 is 2.25 bits per heavy atom. The lowest BCUT2D eigenvalue weighted by Gasteiger charge is -2.11. The van der Waals surface area contributed by atoms with Crippen LogP contribution in [0.15, 0.2) is 30.6 Å². The van der Waals surface area contributed by atoms with E-state index in [1.54, 1.807) is 24.4 Å². The second kappa shape index (κ2) is 6.10. The molecule has 1 aromatic carbocycles. The smallest absolute Gasteiger partial charge is 0.337 e. The van der Waals surface area contributed by atoms with Gasteiger partial charge in [-0.15, -0.1) is 0 Å². The lowest BCUT2D eigenvalue weighted by molar-refractivity contribution is 0.0601. The summed E-state index contributed by atoms with van der Waals surface area (Å²) in [6, 6.07) is 4.84. The Morgan fingerprint density at radius 1 is 1.45 bits per heavy atom. The van der Waals surface area contributed by atoms with Crippen LogP contribution in [0.4, 0.5) is 5.69 Å². The van der Waals surface area contributed by atoms with Gasteiger partial charge in [0.25, 0.3) is 0 Å². The molecule has 0 aliphatic heterocycles. The van der Waals surface area contributed by atoms with E-state index in [0.29, 0.717) is 30.2 Å². The molecule has 0 fully saturated rings. The van der Waals surface area contributed by atoms with Crippen molar-refractivity contribution >= 4 is 11.7 Å². The maximum atomic E-state index is 11.4. The number of hydrogen-bond acceptors (Lipinski definition) is 5. The van der Waals surface area contributed by atoms with Crippen LogP contribution in [0.2, 0.25) is 0 Å². The second-order valence-electron chi connectivity index (χ2n) is 4.26. The van der Waals surface area contributed by atoms with Gasteiger partial charge in [0.15, 0.2) is 0 Å². The van der Waals surface area contributed by atoms with E-state index in [1.165, 1.54) is 7.11 Å². The average molecular weight is 275 g/mol. The summed E-state index contributed by atoms with van der Waals surface area (Å²) in [5, 5.41) is 0. The molecule has 1 heterocycles. The van der Waals surface area contributed by atoms with Crippen LogP contribution in [0.25, 0.3) is 0 Å². The maximum Gasteiger partial charge on any atom is 0.337 e. The molecule has 0 aliphatic carbocycles. The van der Waals surface area contributed by atoms with Gasteiger partial charge in [0, 0.05) is 12.4 Å². The maximum absolute atomic E-state index is 11.4. The lowest BCUT2D eigenvalue weighted by Crippen LogP contribution is -2.10. The third kappa shape index (κ3) is 3.09. The largest absolute Gasteiger partial charge is 0.490 e. The van der Waals surface area contributed by atoms with Crippen molar-refractivity contribution in [2.24, 2.45) is 0 Å². The summed E-state index contributed by atoms with van der Waals surface area (Å²) in [6.07, 6.45) is 3.64. The first kappa shape index (κ1) is 13.9. The van der Waals surface area contributed by atoms with Gasteiger partial charge < -0.3 is 19.8 Å². The number of imidazole rings is 1. The number of nitrogen functional groups attached to an aromatic ring is 1. The van der Waals surface area contributed by atoms with Gasteiger partial charge in [0.1, 0.15) is 18.2 Å². The van der Waals surface area contributed by atoms with Crippen LogP contribution in [0.5, 0.6) is 5.75 Å². The van der Waals surface area contributed by atoms with E-state index in [2.05, 4.69) is 9.72 Å². The van der Waals surface area contributed by atoms with Gasteiger partial charge in [-0.25, -0.2) is 9.78 Å². The van der Waals surface area contributed by atoms with Crippen molar-refractivity contribution in [3.63, 3.8) is 0 Å². The number of nitrogens with zero attached hydrogens (tertiary/aromatic N) is 2. The highest BCUT2D eigenvalue weighted by Gasteiger charge is 2.08. The standard InChI is InChI=1S/C14H17N3O3/c1-10-16-5-6-17(10)7-8-20-13-4-3-11(9-12(13)15)14(18)19-2/h3-6,9H,7-8,15H2,1-2H3. The minimum absolute atomic E-state index is 0.405. The number of esters is 1. The minimum atomic E-state index is -0.419. The first-order chi connectivity index (χ1) is 9.61. The third-order valence-electron chi connectivity index (χ3n) is 2.94. The number of benzene rings is 1. The van der Waals surface area contributed by atoms with Gasteiger partial charge in [-0.05, 0) is 25.1 Å². The van der Waals surface area contributed by atoms with Crippen LogP contribution in [-0.2, 0) is 11.3 Å². The van der Waals surface area contributed by atoms with Gasteiger partial charge >= 0.3 is 5.97 Å². The average Bonchev–Trinajstić information content (AvgIpc) is 2.85. The number of nitrogens with two attached hydrogens (primary N) is 1. The zero-order valence-electron chi connectivity index (χ0n) is 11.5. The third-order valence-corrected chi connectivity index (χ3v) is 2.94. The molecule has 2 rings (SSSR count). The highest BCUT2D eigenvalue weighted by molar-refractivity contribution is 5.90. The summed E-state index contributed by atoms with van der Waals surface area (Å²) in [6.45, 7) is 3.09. The molecule has 0 bridgehead atoms. The van der Waals surface area contributed by atoms with Crippen LogP contribution in [0, 0.1) is 6.92 Å².